The Morgan fingerprint density at radius 3 is 2.27 bits per heavy atom. The average molecular weight is 605 g/mol. The number of phenolic OH excluding ortho intramolecular Hbond substituents is 1. The van der Waals surface area contributed by atoms with Crippen LogP contribution in [0.25, 0.3) is 16.9 Å². The summed E-state index contributed by atoms with van der Waals surface area (Å²) in [6.45, 7) is 0.608. The number of ketones is 2. The van der Waals surface area contributed by atoms with Crippen LogP contribution in [0.15, 0.2) is 53.3 Å². The number of rotatable bonds is 7. The molecule has 232 valence electrons. The predicted molar refractivity (Wildman–Crippen MR) is 160 cm³/mol. The number of hydrogen-bond donors (Lipinski definition) is 6. The molecule has 0 unspecified atom stereocenters. The van der Waals surface area contributed by atoms with Crippen molar-refractivity contribution in [3.8, 4) is 16.9 Å². The largest absolute Gasteiger partial charge is 0.508 e. The van der Waals surface area contributed by atoms with E-state index >= 15 is 0 Å². The van der Waals surface area contributed by atoms with Crippen LogP contribution in [-0.2, 0) is 32.1 Å². The fraction of sp³-hybridized carbons (Fsp3) is 0.375. The highest BCUT2D eigenvalue weighted by Gasteiger charge is 2.64. The zero-order chi connectivity index (χ0) is 32.2. The van der Waals surface area contributed by atoms with Gasteiger partial charge in [-0.2, -0.15) is 0 Å². The first-order chi connectivity index (χ1) is 20.7. The van der Waals surface area contributed by atoms with Crippen LogP contribution in [0, 0.1) is 11.8 Å². The van der Waals surface area contributed by atoms with E-state index in [1.807, 2.05) is 38.4 Å². The van der Waals surface area contributed by atoms with Crippen molar-refractivity contribution >= 4 is 29.1 Å². The van der Waals surface area contributed by atoms with Gasteiger partial charge in [0.2, 0.25) is 11.7 Å². The Kier molecular flexibility index (Phi) is 7.87. The van der Waals surface area contributed by atoms with Crippen molar-refractivity contribution in [2.24, 2.45) is 17.6 Å². The SMILES string of the molecule is CN(C)CC(=O)NCc1ccc(-c2ccc(O)c3c2C[C@H]2C[C@H]4[C@@H](N(C)C)C(=O)C(C(N)=O)=C(O)[C@@]4(O)C(=O)C2=C3O)cc1. The molecule has 0 radical (unpaired) electrons. The van der Waals surface area contributed by atoms with Crippen LogP contribution in [0.2, 0.25) is 0 Å². The van der Waals surface area contributed by atoms with E-state index < -0.39 is 58.0 Å². The van der Waals surface area contributed by atoms with Gasteiger partial charge in [0.15, 0.2) is 11.4 Å². The van der Waals surface area contributed by atoms with Crippen LogP contribution < -0.4 is 11.1 Å². The van der Waals surface area contributed by atoms with Gasteiger partial charge in [-0.25, -0.2) is 0 Å². The minimum Gasteiger partial charge on any atom is -0.508 e. The lowest BCUT2D eigenvalue weighted by atomic mass is 9.57. The van der Waals surface area contributed by atoms with Gasteiger partial charge >= 0.3 is 0 Å². The van der Waals surface area contributed by atoms with Crippen LogP contribution >= 0.6 is 0 Å². The Labute approximate surface area is 254 Å². The molecule has 0 aliphatic heterocycles. The minimum atomic E-state index is -2.68. The van der Waals surface area contributed by atoms with Crippen LogP contribution in [0.1, 0.15) is 23.1 Å². The van der Waals surface area contributed by atoms with Crippen molar-refractivity contribution in [2.45, 2.75) is 31.0 Å². The van der Waals surface area contributed by atoms with E-state index in [4.69, 9.17) is 5.73 Å². The molecule has 0 bridgehead atoms. The van der Waals surface area contributed by atoms with E-state index in [2.05, 4.69) is 5.32 Å². The summed E-state index contributed by atoms with van der Waals surface area (Å²) in [7, 11) is 6.73. The van der Waals surface area contributed by atoms with Crippen molar-refractivity contribution in [1.82, 2.24) is 15.1 Å². The summed E-state index contributed by atoms with van der Waals surface area (Å²) in [5.41, 5.74) is 4.57. The molecule has 0 spiro atoms. The van der Waals surface area contributed by atoms with Crippen LogP contribution in [0.4, 0.5) is 0 Å². The Morgan fingerprint density at radius 2 is 1.68 bits per heavy atom. The summed E-state index contributed by atoms with van der Waals surface area (Å²) in [5, 5.41) is 47.9. The first kappa shape index (κ1) is 30.9. The minimum absolute atomic E-state index is 0.00639. The number of amides is 2. The second kappa shape index (κ2) is 11.2. The van der Waals surface area contributed by atoms with Gasteiger partial charge in [0, 0.05) is 18.0 Å². The number of hydrogen-bond acceptors (Lipinski definition) is 10. The average Bonchev–Trinajstić information content (AvgIpc) is 2.93. The molecule has 3 aliphatic carbocycles. The molecule has 44 heavy (non-hydrogen) atoms. The van der Waals surface area contributed by atoms with Gasteiger partial charge in [-0.1, -0.05) is 30.3 Å². The highest BCUT2D eigenvalue weighted by atomic mass is 16.3. The van der Waals surface area contributed by atoms with E-state index in [1.165, 1.54) is 11.0 Å². The van der Waals surface area contributed by atoms with E-state index in [0.29, 0.717) is 17.7 Å². The smallest absolute Gasteiger partial charge is 0.255 e. The Hall–Kier alpha value is -4.52. The maximum absolute atomic E-state index is 14.0. The van der Waals surface area contributed by atoms with Gasteiger partial charge in [0.05, 0.1) is 18.2 Å². The van der Waals surface area contributed by atoms with Gasteiger partial charge in [-0.05, 0) is 75.3 Å². The molecule has 2 aromatic rings. The van der Waals surface area contributed by atoms with Crippen molar-refractivity contribution in [3.63, 3.8) is 0 Å². The summed E-state index contributed by atoms with van der Waals surface area (Å²) in [6, 6.07) is 9.40. The number of nitrogens with one attached hydrogen (secondary N) is 1. The quantitative estimate of drug-likeness (QED) is 0.246. The summed E-state index contributed by atoms with van der Waals surface area (Å²) >= 11 is 0. The summed E-state index contributed by atoms with van der Waals surface area (Å²) in [4.78, 5) is 54.7. The van der Waals surface area contributed by atoms with Gasteiger partial charge in [-0.15, -0.1) is 0 Å². The molecule has 12 heteroatoms. The number of aliphatic hydroxyl groups is 3. The Morgan fingerprint density at radius 1 is 1.02 bits per heavy atom. The molecule has 3 aliphatic rings. The van der Waals surface area contributed by atoms with Gasteiger partial charge < -0.3 is 36.4 Å². The van der Waals surface area contributed by atoms with Gasteiger partial charge in [0.25, 0.3) is 5.91 Å². The Bertz CT molecular complexity index is 1640. The number of carbonyl (C=O) groups excluding carboxylic acids is 4. The number of nitrogens with zero attached hydrogens (tertiary/aromatic N) is 2. The van der Waals surface area contributed by atoms with E-state index in [0.717, 1.165) is 11.1 Å². The fourth-order valence-corrected chi connectivity index (χ4v) is 6.86. The summed E-state index contributed by atoms with van der Waals surface area (Å²) in [5.74, 6) is -7.01. The summed E-state index contributed by atoms with van der Waals surface area (Å²) in [6.07, 6.45) is 0.188. The predicted octanol–water partition coefficient (Wildman–Crippen LogP) is 0.809. The first-order valence-corrected chi connectivity index (χ1v) is 14.2. The number of likely N-dealkylation sites (N-methyl/N-ethyl adjacent to an activating group) is 2. The number of nitrogens with two attached hydrogens (primary N) is 1. The molecule has 2 aromatic carbocycles. The molecule has 0 heterocycles. The molecular formula is C32H36N4O8. The molecular weight excluding hydrogens is 568 g/mol. The molecule has 2 amide bonds. The maximum Gasteiger partial charge on any atom is 0.255 e. The molecule has 12 nitrogen and oxygen atoms in total. The van der Waals surface area contributed by atoms with E-state index in [9.17, 15) is 39.6 Å². The molecule has 0 aromatic heterocycles. The standard InChI is InChI=1S/C32H36N4O8/c1-35(2)14-22(38)34-13-15-5-7-16(8-6-15)18-9-10-21(37)24-19(18)11-17-12-20-26(36(3)4)28(40)25(31(33)43)30(42)32(20,44)29(41)23(17)27(24)39/h5-10,17,20,26,37,39,42,44H,11-14H2,1-4H3,(H2,33,43)(H,34,38)/t17-,20-,26+,32-/m0/s1. The van der Waals surface area contributed by atoms with Crippen molar-refractivity contribution in [1.29, 1.82) is 0 Å². The second-order valence-corrected chi connectivity index (χ2v) is 12.2. The highest BCUT2D eigenvalue weighted by Crippen LogP contribution is 2.53. The van der Waals surface area contributed by atoms with Gasteiger partial charge in [0.1, 0.15) is 22.8 Å². The van der Waals surface area contributed by atoms with Crippen LogP contribution in [-0.4, -0.2) is 100.0 Å². The molecule has 0 saturated heterocycles. The highest BCUT2D eigenvalue weighted by molar-refractivity contribution is 6.24. The van der Waals surface area contributed by atoms with Crippen LogP contribution in [0.3, 0.4) is 0 Å². The number of carbonyl (C=O) groups is 4. The third-order valence-corrected chi connectivity index (χ3v) is 8.82. The number of aromatic hydroxyl groups is 1. The summed E-state index contributed by atoms with van der Waals surface area (Å²) < 4.78 is 0. The number of Topliss-reactive ketones (excluding diaryl/α,β-unsaturated/α-hetero) is 2. The number of phenols is 1. The van der Waals surface area contributed by atoms with E-state index in [1.54, 1.807) is 25.1 Å². The number of benzene rings is 2. The lowest BCUT2D eigenvalue weighted by Gasteiger charge is -2.50. The second-order valence-electron chi connectivity index (χ2n) is 12.2. The number of fused-ring (bicyclic) bond motifs is 3. The van der Waals surface area contributed by atoms with Crippen molar-refractivity contribution < 1.29 is 39.6 Å². The molecule has 1 fully saturated rings. The number of aliphatic hydroxyl groups excluding tert-OH is 2. The third kappa shape index (κ3) is 4.84. The molecule has 7 N–H and O–H groups in total. The Balaban J connectivity index is 1.56. The lowest BCUT2D eigenvalue weighted by molar-refractivity contribution is -0.153. The number of primary amides is 1. The van der Waals surface area contributed by atoms with Crippen LogP contribution in [0.5, 0.6) is 5.75 Å². The molecule has 4 atom stereocenters. The zero-order valence-corrected chi connectivity index (χ0v) is 24.9. The van der Waals surface area contributed by atoms with Crippen molar-refractivity contribution in [3.05, 3.63) is 70.0 Å². The van der Waals surface area contributed by atoms with Crippen molar-refractivity contribution in [2.75, 3.05) is 34.7 Å². The maximum atomic E-state index is 14.0. The fourth-order valence-electron chi connectivity index (χ4n) is 6.86. The topological polar surface area (TPSA) is 194 Å². The zero-order valence-electron chi connectivity index (χ0n) is 24.9. The van der Waals surface area contributed by atoms with E-state index in [-0.39, 0.29) is 42.2 Å². The lowest BCUT2D eigenvalue weighted by Crippen LogP contribution is -2.65. The first-order valence-electron chi connectivity index (χ1n) is 14.2. The van der Waals surface area contributed by atoms with Gasteiger partial charge in [-0.3, -0.25) is 24.1 Å². The third-order valence-electron chi connectivity index (χ3n) is 8.82. The monoisotopic (exact) mass is 604 g/mol. The molecule has 5 rings (SSSR count). The molecule has 1 saturated carbocycles. The normalized spacial score (nSPS) is 24.8.